The number of ketones is 1. The van der Waals surface area contributed by atoms with E-state index in [0.29, 0.717) is 11.3 Å². The molecule has 0 fully saturated rings. The second-order valence-corrected chi connectivity index (χ2v) is 4.10. The Bertz CT molecular complexity index is 705. The number of carbonyl (C=O) groups excluding carboxylic acids is 1. The van der Waals surface area contributed by atoms with Crippen LogP contribution in [0.4, 0.5) is 8.78 Å². The van der Waals surface area contributed by atoms with Gasteiger partial charge in [0.1, 0.15) is 17.4 Å². The zero-order valence-corrected chi connectivity index (χ0v) is 9.69. The smallest absolute Gasteiger partial charge is 0.231 e. The summed E-state index contributed by atoms with van der Waals surface area (Å²) in [6, 6.07) is 9.92. The van der Waals surface area contributed by atoms with Crippen molar-refractivity contribution in [2.24, 2.45) is 0 Å². The number of rotatable bonds is 1. The molecule has 2 aromatic carbocycles. The minimum absolute atomic E-state index is 0.0340. The van der Waals surface area contributed by atoms with Crippen LogP contribution in [0.2, 0.25) is 0 Å². The van der Waals surface area contributed by atoms with Crippen LogP contribution in [0.5, 0.6) is 5.75 Å². The SMILES string of the molecule is O=C1/C(=C/c2ccc(F)cc2F)Oc2ccccc21. The maximum Gasteiger partial charge on any atom is 0.231 e. The Morgan fingerprint density at radius 3 is 2.58 bits per heavy atom. The molecule has 0 unspecified atom stereocenters. The second kappa shape index (κ2) is 4.31. The fourth-order valence-corrected chi connectivity index (χ4v) is 1.90. The van der Waals surface area contributed by atoms with Crippen LogP contribution in [-0.2, 0) is 0 Å². The van der Waals surface area contributed by atoms with E-state index < -0.39 is 11.6 Å². The summed E-state index contributed by atoms with van der Waals surface area (Å²) in [5.74, 6) is -1.23. The quantitative estimate of drug-likeness (QED) is 0.731. The van der Waals surface area contributed by atoms with E-state index in [1.807, 2.05) is 0 Å². The molecule has 2 nitrogen and oxygen atoms in total. The zero-order chi connectivity index (χ0) is 13.4. The van der Waals surface area contributed by atoms with Gasteiger partial charge in [0.2, 0.25) is 5.78 Å². The Kier molecular flexibility index (Phi) is 2.63. The molecule has 1 heterocycles. The maximum atomic E-state index is 13.5. The summed E-state index contributed by atoms with van der Waals surface area (Å²) in [4.78, 5) is 12.0. The lowest BCUT2D eigenvalue weighted by atomic mass is 10.1. The van der Waals surface area contributed by atoms with Crippen molar-refractivity contribution in [2.45, 2.75) is 0 Å². The van der Waals surface area contributed by atoms with Gasteiger partial charge in [-0.15, -0.1) is 0 Å². The Morgan fingerprint density at radius 2 is 1.84 bits per heavy atom. The van der Waals surface area contributed by atoms with E-state index in [0.717, 1.165) is 12.1 Å². The van der Waals surface area contributed by atoms with Gasteiger partial charge in [-0.05, 0) is 30.3 Å². The topological polar surface area (TPSA) is 26.3 Å². The van der Waals surface area contributed by atoms with E-state index in [-0.39, 0.29) is 17.1 Å². The van der Waals surface area contributed by atoms with Crippen molar-refractivity contribution < 1.29 is 18.3 Å². The van der Waals surface area contributed by atoms with Crippen molar-refractivity contribution in [3.63, 3.8) is 0 Å². The van der Waals surface area contributed by atoms with Gasteiger partial charge in [-0.1, -0.05) is 12.1 Å². The fraction of sp³-hybridized carbons (Fsp3) is 0. The van der Waals surface area contributed by atoms with Crippen molar-refractivity contribution in [1.82, 2.24) is 0 Å². The molecule has 0 saturated carbocycles. The van der Waals surface area contributed by atoms with Gasteiger partial charge in [-0.2, -0.15) is 0 Å². The minimum atomic E-state index is -0.736. The van der Waals surface area contributed by atoms with Gasteiger partial charge in [-0.3, -0.25) is 4.79 Å². The summed E-state index contributed by atoms with van der Waals surface area (Å²) in [7, 11) is 0. The summed E-state index contributed by atoms with van der Waals surface area (Å²) < 4.78 is 31.7. The van der Waals surface area contributed by atoms with Crippen molar-refractivity contribution in [1.29, 1.82) is 0 Å². The Hall–Kier alpha value is -2.49. The highest BCUT2D eigenvalue weighted by Crippen LogP contribution is 2.31. The molecule has 0 spiro atoms. The molecule has 0 aliphatic carbocycles. The fourth-order valence-electron chi connectivity index (χ4n) is 1.90. The van der Waals surface area contributed by atoms with Crippen molar-refractivity contribution in [2.75, 3.05) is 0 Å². The highest BCUT2D eigenvalue weighted by Gasteiger charge is 2.26. The molecule has 0 atom stereocenters. The molecule has 0 saturated heterocycles. The lowest BCUT2D eigenvalue weighted by molar-refractivity contribution is 0.101. The van der Waals surface area contributed by atoms with E-state index in [1.54, 1.807) is 24.3 Å². The number of hydrogen-bond donors (Lipinski definition) is 0. The van der Waals surface area contributed by atoms with Crippen molar-refractivity contribution in [3.8, 4) is 5.75 Å². The predicted molar refractivity (Wildman–Crippen MR) is 65.7 cm³/mol. The first kappa shape index (κ1) is 11.6. The monoisotopic (exact) mass is 258 g/mol. The molecule has 2 aromatic rings. The van der Waals surface area contributed by atoms with Crippen LogP contribution < -0.4 is 4.74 Å². The first-order valence-electron chi connectivity index (χ1n) is 5.63. The van der Waals surface area contributed by atoms with E-state index in [4.69, 9.17) is 4.74 Å². The minimum Gasteiger partial charge on any atom is -0.452 e. The van der Waals surface area contributed by atoms with Crippen molar-refractivity contribution in [3.05, 3.63) is 71.0 Å². The molecule has 0 bridgehead atoms. The van der Waals surface area contributed by atoms with Crippen LogP contribution >= 0.6 is 0 Å². The molecule has 94 valence electrons. The maximum absolute atomic E-state index is 13.5. The average molecular weight is 258 g/mol. The number of fused-ring (bicyclic) bond motifs is 1. The third kappa shape index (κ3) is 2.01. The zero-order valence-electron chi connectivity index (χ0n) is 9.69. The van der Waals surface area contributed by atoms with Crippen LogP contribution in [0, 0.1) is 11.6 Å². The third-order valence-electron chi connectivity index (χ3n) is 2.82. The molecule has 19 heavy (non-hydrogen) atoms. The average Bonchev–Trinajstić information content (AvgIpc) is 2.70. The number of allylic oxidation sites excluding steroid dienone is 1. The predicted octanol–water partition coefficient (Wildman–Crippen LogP) is 3.58. The normalized spacial score (nSPS) is 15.5. The summed E-state index contributed by atoms with van der Waals surface area (Å²) >= 11 is 0. The lowest BCUT2D eigenvalue weighted by Crippen LogP contribution is -1.98. The molecule has 0 radical (unpaired) electrons. The largest absolute Gasteiger partial charge is 0.452 e. The molecule has 3 rings (SSSR count). The van der Waals surface area contributed by atoms with E-state index in [2.05, 4.69) is 0 Å². The van der Waals surface area contributed by atoms with E-state index in [9.17, 15) is 13.6 Å². The van der Waals surface area contributed by atoms with Crippen LogP contribution in [0.25, 0.3) is 6.08 Å². The van der Waals surface area contributed by atoms with Gasteiger partial charge in [-0.25, -0.2) is 8.78 Å². The van der Waals surface area contributed by atoms with Crippen LogP contribution in [0.15, 0.2) is 48.2 Å². The number of benzene rings is 2. The summed E-state index contributed by atoms with van der Waals surface area (Å²) in [6.07, 6.45) is 1.27. The van der Waals surface area contributed by atoms with E-state index >= 15 is 0 Å². The molecule has 1 aliphatic heterocycles. The number of ether oxygens (including phenoxy) is 1. The van der Waals surface area contributed by atoms with Crippen LogP contribution in [-0.4, -0.2) is 5.78 Å². The molecular weight excluding hydrogens is 250 g/mol. The van der Waals surface area contributed by atoms with E-state index in [1.165, 1.54) is 12.1 Å². The lowest BCUT2D eigenvalue weighted by Gasteiger charge is -2.00. The molecule has 0 N–H and O–H groups in total. The Morgan fingerprint density at radius 1 is 1.05 bits per heavy atom. The number of Topliss-reactive ketones (excluding diaryl/α,β-unsaturated/α-hetero) is 1. The number of carbonyl (C=O) groups is 1. The molecule has 1 aliphatic rings. The first-order chi connectivity index (χ1) is 9.15. The number of halogens is 2. The number of hydrogen-bond acceptors (Lipinski definition) is 2. The van der Waals surface area contributed by atoms with Gasteiger partial charge in [0.25, 0.3) is 0 Å². The summed E-state index contributed by atoms with van der Waals surface area (Å²) in [5, 5.41) is 0. The Labute approximate surface area is 107 Å². The molecular formula is C15H8F2O2. The Balaban J connectivity index is 2.01. The number of para-hydroxylation sites is 1. The summed E-state index contributed by atoms with van der Waals surface area (Å²) in [6.45, 7) is 0. The van der Waals surface area contributed by atoms with Gasteiger partial charge in [0, 0.05) is 11.6 Å². The highest BCUT2D eigenvalue weighted by atomic mass is 19.1. The first-order valence-corrected chi connectivity index (χ1v) is 5.63. The van der Waals surface area contributed by atoms with Gasteiger partial charge >= 0.3 is 0 Å². The molecule has 4 heteroatoms. The van der Waals surface area contributed by atoms with Crippen LogP contribution in [0.1, 0.15) is 15.9 Å². The van der Waals surface area contributed by atoms with Crippen molar-refractivity contribution >= 4 is 11.9 Å². The molecule has 0 amide bonds. The van der Waals surface area contributed by atoms with Gasteiger partial charge < -0.3 is 4.74 Å². The molecule has 0 aromatic heterocycles. The highest BCUT2D eigenvalue weighted by molar-refractivity contribution is 6.14. The van der Waals surface area contributed by atoms with Gasteiger partial charge in [0.15, 0.2) is 5.76 Å². The van der Waals surface area contributed by atoms with Crippen LogP contribution in [0.3, 0.4) is 0 Å². The standard InChI is InChI=1S/C15H8F2O2/c16-10-6-5-9(12(17)8-10)7-14-15(18)11-3-1-2-4-13(11)19-14/h1-8H/b14-7-. The second-order valence-electron chi connectivity index (χ2n) is 4.10. The van der Waals surface area contributed by atoms with Gasteiger partial charge in [0.05, 0.1) is 5.56 Å². The third-order valence-corrected chi connectivity index (χ3v) is 2.82. The summed E-state index contributed by atoms with van der Waals surface area (Å²) in [5.41, 5.74) is 0.550.